The third-order valence-electron chi connectivity index (χ3n) is 2.33. The van der Waals surface area contributed by atoms with Crippen molar-refractivity contribution in [3.05, 3.63) is 27.9 Å². The molecule has 18 heavy (non-hydrogen) atoms. The maximum atomic E-state index is 10.8. The Labute approximate surface area is 105 Å². The Morgan fingerprint density at radius 2 is 2.17 bits per heavy atom. The molecule has 0 atom stereocenters. The van der Waals surface area contributed by atoms with Gasteiger partial charge in [0.2, 0.25) is 5.75 Å². The van der Waals surface area contributed by atoms with Crippen molar-refractivity contribution >= 4 is 11.6 Å². The first kappa shape index (κ1) is 14.1. The normalized spacial score (nSPS) is 10.1. The monoisotopic (exact) mass is 252 g/mol. The van der Waals surface area contributed by atoms with Gasteiger partial charge in [0.05, 0.1) is 6.61 Å². The van der Waals surface area contributed by atoms with Crippen molar-refractivity contribution in [2.24, 2.45) is 0 Å². The summed E-state index contributed by atoms with van der Waals surface area (Å²) in [6.07, 6.45) is 1.92. The van der Waals surface area contributed by atoms with Gasteiger partial charge in [-0.05, 0) is 41.8 Å². The van der Waals surface area contributed by atoms with E-state index < -0.39 is 4.92 Å². The molecule has 0 unspecified atom stereocenters. The number of carbonyl (C=O) groups excluding carboxylic acids is 1. The van der Waals surface area contributed by atoms with Gasteiger partial charge in [-0.25, -0.2) is 0 Å². The summed E-state index contributed by atoms with van der Waals surface area (Å²) in [6, 6.07) is 3.21. The number of carbonyl (C=O) groups is 1. The fourth-order valence-electron chi connectivity index (χ4n) is 1.43. The first-order chi connectivity index (χ1) is 8.50. The molecule has 6 heteroatoms. The highest BCUT2D eigenvalue weighted by atomic mass is 16.6. The molecule has 0 radical (unpaired) electrons. The van der Waals surface area contributed by atoms with E-state index in [-0.39, 0.29) is 17.4 Å². The minimum absolute atomic E-state index is 0.137. The number of nitro groups is 1. The van der Waals surface area contributed by atoms with Crippen molar-refractivity contribution in [2.75, 3.05) is 6.61 Å². The molecule has 0 N–H and O–H groups in total. The topological polar surface area (TPSA) is 82.3 Å². The number of hydrogen-bond donors (Lipinski definition) is 0. The Bertz CT molecular complexity index is 446. The number of hydrogen-bond acceptors (Lipinski definition) is 5. The highest BCUT2D eigenvalue weighted by molar-refractivity contribution is 5.75. The highest BCUT2D eigenvalue weighted by Crippen LogP contribution is 2.24. The molecule has 1 heterocycles. The summed E-state index contributed by atoms with van der Waals surface area (Å²) in [5.41, 5.74) is 0.575. The maximum Gasteiger partial charge on any atom is 0.406 e. The van der Waals surface area contributed by atoms with E-state index in [0.29, 0.717) is 25.1 Å². The van der Waals surface area contributed by atoms with Crippen molar-refractivity contribution in [3.63, 3.8) is 0 Å². The first-order valence-corrected chi connectivity index (χ1v) is 5.75. The molecule has 0 aromatic carbocycles. The van der Waals surface area contributed by atoms with Gasteiger partial charge in [-0.3, -0.25) is 0 Å². The van der Waals surface area contributed by atoms with Crippen LogP contribution >= 0.6 is 0 Å². The van der Waals surface area contributed by atoms with Crippen LogP contribution in [-0.2, 0) is 4.79 Å². The second kappa shape index (κ2) is 6.68. The lowest BCUT2D eigenvalue weighted by Crippen LogP contribution is -2.03. The van der Waals surface area contributed by atoms with Crippen LogP contribution in [0.25, 0.3) is 0 Å². The summed E-state index contributed by atoms with van der Waals surface area (Å²) in [4.78, 5) is 24.8. The van der Waals surface area contributed by atoms with E-state index in [1.165, 1.54) is 6.92 Å². The van der Waals surface area contributed by atoms with E-state index in [0.717, 1.165) is 6.42 Å². The fourth-order valence-corrected chi connectivity index (χ4v) is 1.43. The van der Waals surface area contributed by atoms with Crippen LogP contribution in [0.2, 0.25) is 0 Å². The van der Waals surface area contributed by atoms with E-state index in [1.807, 2.05) is 0 Å². The molecule has 1 rings (SSSR count). The molecule has 6 nitrogen and oxygen atoms in total. The quantitative estimate of drug-likeness (QED) is 0.423. The van der Waals surface area contributed by atoms with Crippen LogP contribution in [-0.4, -0.2) is 22.3 Å². The minimum atomic E-state index is -0.558. The Morgan fingerprint density at radius 1 is 1.44 bits per heavy atom. The van der Waals surface area contributed by atoms with Crippen LogP contribution in [0.5, 0.6) is 5.75 Å². The number of unbranched alkanes of at least 4 members (excludes halogenated alkanes) is 1. The zero-order valence-electron chi connectivity index (χ0n) is 10.5. The van der Waals surface area contributed by atoms with Crippen molar-refractivity contribution in [3.8, 4) is 5.75 Å². The Morgan fingerprint density at radius 3 is 2.78 bits per heavy atom. The zero-order valence-corrected chi connectivity index (χ0v) is 10.5. The van der Waals surface area contributed by atoms with Crippen molar-refractivity contribution in [1.82, 2.24) is 4.98 Å². The lowest BCUT2D eigenvalue weighted by Gasteiger charge is -2.05. The number of aryl methyl sites for hydroxylation is 1. The van der Waals surface area contributed by atoms with Gasteiger partial charge in [-0.15, -0.1) is 0 Å². The van der Waals surface area contributed by atoms with E-state index >= 15 is 0 Å². The summed E-state index contributed by atoms with van der Waals surface area (Å²) >= 11 is 0. The second-order valence-corrected chi connectivity index (χ2v) is 4.04. The molecule has 0 aliphatic heterocycles. The standard InChI is InChI=1S/C12H16N2O4/c1-9-6-7-11(12(13-9)14(16)17)18-8-4-3-5-10(2)15/h6-7H,3-5,8H2,1-2H3. The van der Waals surface area contributed by atoms with E-state index in [1.54, 1.807) is 19.1 Å². The predicted molar refractivity (Wildman–Crippen MR) is 65.7 cm³/mol. The Hall–Kier alpha value is -1.98. The number of Topliss-reactive ketones (excluding diaryl/α,β-unsaturated/α-hetero) is 1. The van der Waals surface area contributed by atoms with Crippen LogP contribution in [0.4, 0.5) is 5.82 Å². The molecule has 0 saturated carbocycles. The summed E-state index contributed by atoms with van der Waals surface area (Å²) < 4.78 is 5.32. The summed E-state index contributed by atoms with van der Waals surface area (Å²) in [7, 11) is 0. The third-order valence-corrected chi connectivity index (χ3v) is 2.33. The molecule has 98 valence electrons. The first-order valence-electron chi connectivity index (χ1n) is 5.75. The minimum Gasteiger partial charge on any atom is -0.486 e. The molecular formula is C12H16N2O4. The van der Waals surface area contributed by atoms with Gasteiger partial charge in [0.25, 0.3) is 0 Å². The smallest absolute Gasteiger partial charge is 0.406 e. The van der Waals surface area contributed by atoms with Crippen LogP contribution in [0, 0.1) is 17.0 Å². The van der Waals surface area contributed by atoms with Gasteiger partial charge < -0.3 is 19.6 Å². The predicted octanol–water partition coefficient (Wildman–Crippen LogP) is 2.44. The molecule has 1 aromatic rings. The molecule has 0 amide bonds. The molecule has 1 aromatic heterocycles. The number of pyridine rings is 1. The number of aromatic nitrogens is 1. The molecule has 0 fully saturated rings. The van der Waals surface area contributed by atoms with Gasteiger partial charge in [0, 0.05) is 13.3 Å². The number of nitrogens with zero attached hydrogens (tertiary/aromatic N) is 2. The van der Waals surface area contributed by atoms with E-state index in [4.69, 9.17) is 4.74 Å². The van der Waals surface area contributed by atoms with Crippen LogP contribution < -0.4 is 4.74 Å². The average Bonchev–Trinajstić information content (AvgIpc) is 2.29. The van der Waals surface area contributed by atoms with Gasteiger partial charge in [0.15, 0.2) is 0 Å². The number of ether oxygens (including phenoxy) is 1. The number of rotatable bonds is 7. The van der Waals surface area contributed by atoms with Gasteiger partial charge in [-0.2, -0.15) is 0 Å². The SMILES string of the molecule is CC(=O)CCCCOc1ccc(C)nc1[N+](=O)[O-]. The lowest BCUT2D eigenvalue weighted by molar-refractivity contribution is -0.390. The lowest BCUT2D eigenvalue weighted by atomic mass is 10.2. The average molecular weight is 252 g/mol. The molecular weight excluding hydrogens is 236 g/mol. The van der Waals surface area contributed by atoms with Crippen molar-refractivity contribution in [1.29, 1.82) is 0 Å². The zero-order chi connectivity index (χ0) is 13.5. The molecule has 0 saturated heterocycles. The van der Waals surface area contributed by atoms with Crippen LogP contribution in [0.3, 0.4) is 0 Å². The summed E-state index contributed by atoms with van der Waals surface area (Å²) in [6.45, 7) is 3.57. The second-order valence-electron chi connectivity index (χ2n) is 4.04. The highest BCUT2D eigenvalue weighted by Gasteiger charge is 2.17. The van der Waals surface area contributed by atoms with Crippen LogP contribution in [0.15, 0.2) is 12.1 Å². The Balaban J connectivity index is 2.51. The maximum absolute atomic E-state index is 10.8. The molecule has 0 bridgehead atoms. The van der Waals surface area contributed by atoms with Crippen LogP contribution in [0.1, 0.15) is 31.9 Å². The number of ketones is 1. The van der Waals surface area contributed by atoms with Gasteiger partial charge in [-0.1, -0.05) is 0 Å². The summed E-state index contributed by atoms with van der Waals surface area (Å²) in [5, 5.41) is 10.8. The fraction of sp³-hybridized carbons (Fsp3) is 0.500. The van der Waals surface area contributed by atoms with Crippen molar-refractivity contribution < 1.29 is 14.5 Å². The summed E-state index contributed by atoms with van der Waals surface area (Å²) in [5.74, 6) is 0.0491. The van der Waals surface area contributed by atoms with E-state index in [2.05, 4.69) is 4.98 Å². The van der Waals surface area contributed by atoms with Crippen molar-refractivity contribution in [2.45, 2.75) is 33.1 Å². The Kier molecular flexibility index (Phi) is 5.23. The van der Waals surface area contributed by atoms with Gasteiger partial charge in [0.1, 0.15) is 11.5 Å². The van der Waals surface area contributed by atoms with Gasteiger partial charge >= 0.3 is 5.82 Å². The van der Waals surface area contributed by atoms with E-state index in [9.17, 15) is 14.9 Å². The largest absolute Gasteiger partial charge is 0.486 e. The molecule has 0 aliphatic rings. The molecule has 0 aliphatic carbocycles. The third kappa shape index (κ3) is 4.48. The molecule has 0 spiro atoms.